The third-order valence-corrected chi connectivity index (χ3v) is 6.20. The minimum absolute atomic E-state index is 0.00511. The molecule has 4 aromatic rings. The second-order valence-corrected chi connectivity index (χ2v) is 8.98. The Morgan fingerprint density at radius 1 is 1.10 bits per heavy atom. The number of esters is 1. The SMILES string of the molecule is COC(=O)c1ccc(-c2nn(C(=O)c3c(Cl)cccc3C(F)(F)F)c3cc(C(=NC#N)N(C)C)ccc23)c(F)c1. The summed E-state index contributed by atoms with van der Waals surface area (Å²) in [6.07, 6.45) is -3.24. The Kier molecular flexibility index (Phi) is 7.61. The minimum atomic E-state index is -4.92. The molecule has 13 heteroatoms. The van der Waals surface area contributed by atoms with E-state index in [2.05, 4.69) is 14.8 Å². The van der Waals surface area contributed by atoms with Crippen molar-refractivity contribution in [2.75, 3.05) is 21.2 Å². The van der Waals surface area contributed by atoms with Gasteiger partial charge in [0.25, 0.3) is 5.91 Å². The van der Waals surface area contributed by atoms with Gasteiger partial charge < -0.3 is 9.64 Å². The number of alkyl halides is 3. The first-order valence-electron chi connectivity index (χ1n) is 11.3. The number of nitrogens with zero attached hydrogens (tertiary/aromatic N) is 5. The van der Waals surface area contributed by atoms with Gasteiger partial charge in [0.15, 0.2) is 0 Å². The van der Waals surface area contributed by atoms with E-state index in [1.165, 1.54) is 35.2 Å². The highest BCUT2D eigenvalue weighted by Gasteiger charge is 2.37. The quantitative estimate of drug-likeness (QED) is 0.101. The van der Waals surface area contributed by atoms with E-state index in [9.17, 15) is 22.8 Å². The summed E-state index contributed by atoms with van der Waals surface area (Å²) in [5.74, 6) is -2.71. The molecule has 0 saturated heterocycles. The zero-order valence-electron chi connectivity index (χ0n) is 21.0. The molecule has 1 aromatic heterocycles. The number of aliphatic imine (C=N–C) groups is 1. The fourth-order valence-electron chi connectivity index (χ4n) is 4.11. The van der Waals surface area contributed by atoms with Crippen LogP contribution in [-0.4, -0.2) is 53.6 Å². The molecule has 0 aliphatic heterocycles. The number of carbonyl (C=O) groups is 2. The number of rotatable bonds is 4. The van der Waals surface area contributed by atoms with Crippen LogP contribution in [0.3, 0.4) is 0 Å². The van der Waals surface area contributed by atoms with Crippen LogP contribution in [0.5, 0.6) is 0 Å². The number of aromatic nitrogens is 2. The summed E-state index contributed by atoms with van der Waals surface area (Å²) in [5, 5.41) is 13.1. The number of fused-ring (bicyclic) bond motifs is 1. The van der Waals surface area contributed by atoms with Crippen molar-refractivity contribution in [2.24, 2.45) is 4.99 Å². The molecule has 0 aliphatic carbocycles. The van der Waals surface area contributed by atoms with Crippen molar-refractivity contribution in [2.45, 2.75) is 6.18 Å². The van der Waals surface area contributed by atoms with Gasteiger partial charge >= 0.3 is 12.1 Å². The fraction of sp³-hybridized carbons (Fsp3) is 0.148. The second-order valence-electron chi connectivity index (χ2n) is 8.57. The number of methoxy groups -OCH3 is 1. The Balaban J connectivity index is 2.04. The van der Waals surface area contributed by atoms with Crippen LogP contribution in [0.1, 0.15) is 31.8 Å². The van der Waals surface area contributed by atoms with Gasteiger partial charge in [-0.3, -0.25) is 4.79 Å². The van der Waals surface area contributed by atoms with Crippen LogP contribution < -0.4 is 0 Å². The molecule has 0 unspecified atom stereocenters. The van der Waals surface area contributed by atoms with Crippen LogP contribution in [0.4, 0.5) is 17.6 Å². The first-order chi connectivity index (χ1) is 18.9. The lowest BCUT2D eigenvalue weighted by atomic mass is 10.0. The molecule has 0 spiro atoms. The van der Waals surface area contributed by atoms with Gasteiger partial charge in [-0.25, -0.2) is 9.18 Å². The zero-order chi connectivity index (χ0) is 29.4. The first-order valence-corrected chi connectivity index (χ1v) is 11.7. The molecule has 8 nitrogen and oxygen atoms in total. The third kappa shape index (κ3) is 5.11. The normalized spacial score (nSPS) is 11.8. The molecule has 0 amide bonds. The summed E-state index contributed by atoms with van der Waals surface area (Å²) >= 11 is 6.08. The number of hydrogen-bond donors (Lipinski definition) is 0. The molecule has 0 radical (unpaired) electrons. The van der Waals surface area contributed by atoms with Crippen LogP contribution >= 0.6 is 11.6 Å². The van der Waals surface area contributed by atoms with Crippen molar-refractivity contribution in [1.82, 2.24) is 14.7 Å². The van der Waals surface area contributed by atoms with Crippen LogP contribution in [0.2, 0.25) is 5.02 Å². The van der Waals surface area contributed by atoms with Gasteiger partial charge in [0.1, 0.15) is 17.3 Å². The van der Waals surface area contributed by atoms with Crippen LogP contribution in [-0.2, 0) is 10.9 Å². The summed E-state index contributed by atoms with van der Waals surface area (Å²) in [7, 11) is 4.37. The van der Waals surface area contributed by atoms with E-state index < -0.39 is 40.0 Å². The molecule has 1 heterocycles. The van der Waals surface area contributed by atoms with E-state index in [1.54, 1.807) is 20.3 Å². The maximum absolute atomic E-state index is 15.2. The monoisotopic (exact) mass is 571 g/mol. The van der Waals surface area contributed by atoms with Crippen molar-refractivity contribution in [3.63, 3.8) is 0 Å². The first kappa shape index (κ1) is 28.3. The number of carbonyl (C=O) groups excluding carboxylic acids is 2. The van der Waals surface area contributed by atoms with Crippen molar-refractivity contribution >= 4 is 40.2 Å². The van der Waals surface area contributed by atoms with Crippen molar-refractivity contribution < 1.29 is 31.9 Å². The maximum atomic E-state index is 15.2. The van der Waals surface area contributed by atoms with Crippen molar-refractivity contribution in [1.29, 1.82) is 5.26 Å². The highest BCUT2D eigenvalue weighted by Crippen LogP contribution is 2.37. The van der Waals surface area contributed by atoms with Gasteiger partial charge in [-0.1, -0.05) is 23.7 Å². The number of halogens is 5. The zero-order valence-corrected chi connectivity index (χ0v) is 21.8. The topological polar surface area (TPSA) is 101 Å². The molecule has 40 heavy (non-hydrogen) atoms. The summed E-state index contributed by atoms with van der Waals surface area (Å²) < 4.78 is 62.0. The van der Waals surface area contributed by atoms with Crippen molar-refractivity contribution in [3.05, 3.63) is 87.7 Å². The van der Waals surface area contributed by atoms with Gasteiger partial charge in [0, 0.05) is 30.6 Å². The number of nitriles is 1. The van der Waals surface area contributed by atoms with Gasteiger partial charge in [0.05, 0.1) is 34.3 Å². The van der Waals surface area contributed by atoms with Gasteiger partial charge in [-0.05, 0) is 42.5 Å². The molecule has 204 valence electrons. The Morgan fingerprint density at radius 3 is 2.40 bits per heavy atom. The van der Waals surface area contributed by atoms with Crippen molar-refractivity contribution in [3.8, 4) is 17.5 Å². The Bertz CT molecular complexity index is 1740. The lowest BCUT2D eigenvalue weighted by Crippen LogP contribution is -2.23. The van der Waals surface area contributed by atoms with Gasteiger partial charge in [-0.15, -0.1) is 0 Å². The highest BCUT2D eigenvalue weighted by atomic mass is 35.5. The number of ether oxygens (including phenoxy) is 1. The number of benzene rings is 3. The second kappa shape index (κ2) is 10.8. The minimum Gasteiger partial charge on any atom is -0.465 e. The van der Waals surface area contributed by atoms with E-state index in [4.69, 9.17) is 16.9 Å². The summed E-state index contributed by atoms with van der Waals surface area (Å²) in [6, 6.07) is 10.8. The largest absolute Gasteiger partial charge is 0.465 e. The molecule has 0 fully saturated rings. The van der Waals surface area contributed by atoms with E-state index in [0.29, 0.717) is 16.3 Å². The Morgan fingerprint density at radius 2 is 1.80 bits per heavy atom. The smallest absolute Gasteiger partial charge is 0.417 e. The van der Waals surface area contributed by atoms with Crippen LogP contribution in [0.15, 0.2) is 59.6 Å². The lowest BCUT2D eigenvalue weighted by Gasteiger charge is -2.15. The van der Waals surface area contributed by atoms with E-state index in [-0.39, 0.29) is 33.6 Å². The number of amidine groups is 1. The summed E-state index contributed by atoms with van der Waals surface area (Å²) in [6.45, 7) is 0. The molecule has 0 bridgehead atoms. The molecule has 3 aromatic carbocycles. The highest BCUT2D eigenvalue weighted by molar-refractivity contribution is 6.34. The van der Waals surface area contributed by atoms with E-state index in [1.807, 2.05) is 0 Å². The molecule has 0 aliphatic rings. The summed E-state index contributed by atoms with van der Waals surface area (Å²) in [4.78, 5) is 30.8. The molecular formula is C27H18ClF4N5O3. The molecule has 0 saturated carbocycles. The molecule has 0 N–H and O–H groups in total. The fourth-order valence-corrected chi connectivity index (χ4v) is 4.37. The molecule has 0 atom stereocenters. The van der Waals surface area contributed by atoms with Crippen LogP contribution in [0.25, 0.3) is 22.2 Å². The summed E-state index contributed by atoms with van der Waals surface area (Å²) in [5.41, 5.74) is -2.11. The van der Waals surface area contributed by atoms with E-state index >= 15 is 4.39 Å². The third-order valence-electron chi connectivity index (χ3n) is 5.89. The lowest BCUT2D eigenvalue weighted by molar-refractivity contribution is -0.137. The average Bonchev–Trinajstić information content (AvgIpc) is 3.28. The van der Waals surface area contributed by atoms with Crippen LogP contribution in [0, 0.1) is 17.3 Å². The number of hydrogen-bond acceptors (Lipinski definition) is 6. The van der Waals surface area contributed by atoms with Gasteiger partial charge in [0.2, 0.25) is 6.19 Å². The molecule has 4 rings (SSSR count). The van der Waals surface area contributed by atoms with E-state index in [0.717, 1.165) is 25.3 Å². The predicted molar refractivity (Wildman–Crippen MR) is 138 cm³/mol. The Labute approximate surface area is 229 Å². The van der Waals surface area contributed by atoms with Gasteiger partial charge in [-0.2, -0.15) is 33.2 Å². The maximum Gasteiger partial charge on any atom is 0.417 e. The average molecular weight is 572 g/mol. The predicted octanol–water partition coefficient (Wildman–Crippen LogP) is 5.78. The Hall–Kier alpha value is -4.76. The molecular weight excluding hydrogens is 554 g/mol. The standard InChI is InChI=1S/C27H18ClF4N5O3/c1-36(2)24(34-13-33)14-7-10-17-21(12-14)37(25(38)22-18(27(30,31)32)5-4-6-19(22)28)35-23(17)16-9-8-15(11-20(16)29)26(39)40-3/h4-12H,1-3H3.